The Morgan fingerprint density at radius 2 is 2.17 bits per heavy atom. The van der Waals surface area contributed by atoms with Crippen molar-refractivity contribution in [1.82, 2.24) is 4.90 Å². The molecule has 1 atom stereocenters. The van der Waals surface area contributed by atoms with E-state index in [2.05, 4.69) is 4.99 Å². The third-order valence-electron chi connectivity index (χ3n) is 3.14. The highest BCUT2D eigenvalue weighted by Crippen LogP contribution is 2.31. The normalized spacial score (nSPS) is 22.9. The van der Waals surface area contributed by atoms with Crippen molar-refractivity contribution in [3.8, 4) is 0 Å². The van der Waals surface area contributed by atoms with Crippen molar-refractivity contribution in [2.45, 2.75) is 18.1 Å². The molecule has 1 aromatic carbocycles. The van der Waals surface area contributed by atoms with Crippen molar-refractivity contribution in [2.75, 3.05) is 13.1 Å². The van der Waals surface area contributed by atoms with E-state index in [9.17, 15) is 9.18 Å². The first-order valence-corrected chi connectivity index (χ1v) is 6.89. The van der Waals surface area contributed by atoms with Crippen LogP contribution in [0.25, 0.3) is 0 Å². The molecule has 2 heterocycles. The number of hydrogen-bond donors (Lipinski definition) is 0. The number of carbonyl (C=O) groups is 1. The molecular weight excluding hydrogens is 251 g/mol. The van der Waals surface area contributed by atoms with Gasteiger partial charge in [0, 0.05) is 13.1 Å². The molecule has 0 saturated carbocycles. The molecule has 0 aromatic heterocycles. The molecular formula is C13H13FN2OS. The lowest BCUT2D eigenvalue weighted by molar-refractivity contribution is -0.126. The molecule has 3 nitrogen and oxygen atoms in total. The van der Waals surface area contributed by atoms with Gasteiger partial charge in [0.2, 0.25) is 5.91 Å². The van der Waals surface area contributed by atoms with Crippen molar-refractivity contribution >= 4 is 22.8 Å². The van der Waals surface area contributed by atoms with Crippen LogP contribution < -0.4 is 0 Å². The van der Waals surface area contributed by atoms with Crippen LogP contribution in [0.4, 0.5) is 4.39 Å². The Bertz CT molecular complexity index is 500. The van der Waals surface area contributed by atoms with E-state index in [4.69, 9.17) is 0 Å². The highest BCUT2D eigenvalue weighted by molar-refractivity contribution is 8.15. The van der Waals surface area contributed by atoms with E-state index >= 15 is 0 Å². The highest BCUT2D eigenvalue weighted by Gasteiger charge is 2.38. The smallest absolute Gasteiger partial charge is 0.242 e. The standard InChI is InChI=1S/C13H13FN2OS/c14-10-4-2-9(3-5-10)8-11-12(17)16-7-1-6-15-13(16)18-11/h2-5,11H,1,6-8H2/t11-/m0/s1. The van der Waals surface area contributed by atoms with E-state index < -0.39 is 0 Å². The zero-order valence-electron chi connectivity index (χ0n) is 9.80. The Morgan fingerprint density at radius 1 is 1.39 bits per heavy atom. The second-order valence-corrected chi connectivity index (χ2v) is 5.61. The number of amides is 1. The minimum absolute atomic E-state index is 0.104. The molecule has 0 radical (unpaired) electrons. The highest BCUT2D eigenvalue weighted by atomic mass is 32.2. The number of thioether (sulfide) groups is 1. The van der Waals surface area contributed by atoms with Gasteiger partial charge in [0.25, 0.3) is 0 Å². The Hall–Kier alpha value is -1.36. The largest absolute Gasteiger partial charge is 0.291 e. The Balaban J connectivity index is 1.74. The van der Waals surface area contributed by atoms with Gasteiger partial charge in [0.15, 0.2) is 5.17 Å². The van der Waals surface area contributed by atoms with Crippen LogP contribution in [0.1, 0.15) is 12.0 Å². The SMILES string of the molecule is O=C1[C@H](Cc2ccc(F)cc2)SC2=NCCCN12. The van der Waals surface area contributed by atoms with E-state index in [-0.39, 0.29) is 17.0 Å². The van der Waals surface area contributed by atoms with Gasteiger partial charge < -0.3 is 0 Å². The van der Waals surface area contributed by atoms with Gasteiger partial charge in [-0.15, -0.1) is 0 Å². The van der Waals surface area contributed by atoms with Crippen molar-refractivity contribution in [3.63, 3.8) is 0 Å². The lowest BCUT2D eigenvalue weighted by Crippen LogP contribution is -2.36. The van der Waals surface area contributed by atoms with Crippen LogP contribution in [0.5, 0.6) is 0 Å². The van der Waals surface area contributed by atoms with Gasteiger partial charge in [-0.3, -0.25) is 14.7 Å². The maximum Gasteiger partial charge on any atom is 0.242 e. The summed E-state index contributed by atoms with van der Waals surface area (Å²) in [6.45, 7) is 1.60. The van der Waals surface area contributed by atoms with Gasteiger partial charge in [-0.05, 0) is 30.5 Å². The molecule has 1 amide bonds. The van der Waals surface area contributed by atoms with Gasteiger partial charge in [0.1, 0.15) is 5.82 Å². The van der Waals surface area contributed by atoms with Crippen molar-refractivity contribution in [1.29, 1.82) is 0 Å². The second-order valence-electron chi connectivity index (χ2n) is 4.44. The van der Waals surface area contributed by atoms with Crippen molar-refractivity contribution < 1.29 is 9.18 Å². The van der Waals surface area contributed by atoms with Crippen LogP contribution in [0.2, 0.25) is 0 Å². The zero-order valence-corrected chi connectivity index (χ0v) is 10.6. The number of hydrogen-bond acceptors (Lipinski definition) is 3. The summed E-state index contributed by atoms with van der Waals surface area (Å²) in [7, 11) is 0. The second kappa shape index (κ2) is 4.72. The molecule has 1 fully saturated rings. The van der Waals surface area contributed by atoms with E-state index in [1.54, 1.807) is 17.0 Å². The molecule has 94 valence electrons. The van der Waals surface area contributed by atoms with E-state index in [1.165, 1.54) is 23.9 Å². The fourth-order valence-electron chi connectivity index (χ4n) is 2.20. The van der Waals surface area contributed by atoms with Gasteiger partial charge >= 0.3 is 0 Å². The molecule has 0 spiro atoms. The fourth-order valence-corrected chi connectivity index (χ4v) is 3.44. The lowest BCUT2D eigenvalue weighted by atomic mass is 10.1. The predicted molar refractivity (Wildman–Crippen MR) is 70.1 cm³/mol. The molecule has 1 saturated heterocycles. The molecule has 0 unspecified atom stereocenters. The summed E-state index contributed by atoms with van der Waals surface area (Å²) in [5.74, 6) is -0.103. The zero-order chi connectivity index (χ0) is 12.5. The topological polar surface area (TPSA) is 32.7 Å². The molecule has 3 rings (SSSR count). The summed E-state index contributed by atoms with van der Waals surface area (Å²) in [4.78, 5) is 18.3. The molecule has 0 N–H and O–H groups in total. The molecule has 2 aliphatic heterocycles. The van der Waals surface area contributed by atoms with Crippen LogP contribution in [-0.2, 0) is 11.2 Å². The summed E-state index contributed by atoms with van der Waals surface area (Å²) >= 11 is 1.53. The number of rotatable bonds is 2. The van der Waals surface area contributed by atoms with Gasteiger partial charge in [0.05, 0.1) is 5.25 Å². The first-order chi connectivity index (χ1) is 8.74. The number of benzene rings is 1. The number of amidine groups is 1. The average Bonchev–Trinajstić information content (AvgIpc) is 2.70. The monoisotopic (exact) mass is 264 g/mol. The molecule has 1 aromatic rings. The van der Waals surface area contributed by atoms with Crippen LogP contribution >= 0.6 is 11.8 Å². The summed E-state index contributed by atoms with van der Waals surface area (Å²) in [5.41, 5.74) is 0.989. The van der Waals surface area contributed by atoms with Gasteiger partial charge in [-0.25, -0.2) is 4.39 Å². The molecule has 0 bridgehead atoms. The average molecular weight is 264 g/mol. The lowest BCUT2D eigenvalue weighted by Gasteiger charge is -2.19. The van der Waals surface area contributed by atoms with Gasteiger partial charge in [-0.1, -0.05) is 23.9 Å². The quantitative estimate of drug-likeness (QED) is 0.819. The Labute approximate surface area is 109 Å². The Morgan fingerprint density at radius 3 is 2.89 bits per heavy atom. The summed E-state index contributed by atoms with van der Waals surface area (Å²) in [6, 6.07) is 6.35. The number of halogens is 1. The third kappa shape index (κ3) is 2.14. The van der Waals surface area contributed by atoms with Crippen LogP contribution in [0.3, 0.4) is 0 Å². The van der Waals surface area contributed by atoms with Crippen molar-refractivity contribution in [2.24, 2.45) is 4.99 Å². The molecule has 5 heteroatoms. The third-order valence-corrected chi connectivity index (χ3v) is 4.35. The van der Waals surface area contributed by atoms with Gasteiger partial charge in [-0.2, -0.15) is 0 Å². The first-order valence-electron chi connectivity index (χ1n) is 6.01. The summed E-state index contributed by atoms with van der Waals surface area (Å²) in [6.07, 6.45) is 1.58. The minimum atomic E-state index is -0.244. The van der Waals surface area contributed by atoms with Crippen LogP contribution in [0.15, 0.2) is 29.3 Å². The maximum absolute atomic E-state index is 12.8. The first kappa shape index (κ1) is 11.7. The van der Waals surface area contributed by atoms with Crippen molar-refractivity contribution in [3.05, 3.63) is 35.6 Å². The minimum Gasteiger partial charge on any atom is -0.291 e. The fraction of sp³-hybridized carbons (Fsp3) is 0.385. The van der Waals surface area contributed by atoms with E-state index in [1.807, 2.05) is 0 Å². The van der Waals surface area contributed by atoms with Crippen LogP contribution in [0, 0.1) is 5.82 Å². The summed E-state index contributed by atoms with van der Waals surface area (Å²) < 4.78 is 12.8. The number of fused-ring (bicyclic) bond motifs is 1. The van der Waals surface area contributed by atoms with E-state index in [0.29, 0.717) is 6.42 Å². The number of aliphatic imine (C=N–C) groups is 1. The maximum atomic E-state index is 12.8. The number of carbonyl (C=O) groups excluding carboxylic acids is 1. The van der Waals surface area contributed by atoms with Crippen LogP contribution in [-0.4, -0.2) is 34.3 Å². The number of nitrogens with zero attached hydrogens (tertiary/aromatic N) is 2. The predicted octanol–water partition coefficient (Wildman–Crippen LogP) is 2.07. The Kier molecular flexibility index (Phi) is 3.07. The summed E-state index contributed by atoms with van der Waals surface area (Å²) in [5, 5.41) is 0.755. The van der Waals surface area contributed by atoms with E-state index in [0.717, 1.165) is 30.2 Å². The molecule has 18 heavy (non-hydrogen) atoms. The molecule has 2 aliphatic rings. The molecule has 0 aliphatic carbocycles.